The van der Waals surface area contributed by atoms with Crippen molar-refractivity contribution in [2.24, 2.45) is 0 Å². The summed E-state index contributed by atoms with van der Waals surface area (Å²) in [6.45, 7) is 5.18. The van der Waals surface area contributed by atoms with Gasteiger partial charge in [-0.05, 0) is 36.7 Å². The SMILES string of the molecule is Cc1cc(Nc2nc(Cl)nc3cc(N4CCOCC4)ccc23)n[nH]1. The van der Waals surface area contributed by atoms with E-state index in [2.05, 4.69) is 36.4 Å². The maximum atomic E-state index is 6.11. The minimum Gasteiger partial charge on any atom is -0.378 e. The quantitative estimate of drug-likeness (QED) is 0.711. The third-order valence-corrected chi connectivity index (χ3v) is 4.15. The molecule has 1 aliphatic rings. The van der Waals surface area contributed by atoms with Crippen molar-refractivity contribution in [1.29, 1.82) is 0 Å². The van der Waals surface area contributed by atoms with Gasteiger partial charge in [0.15, 0.2) is 5.82 Å². The molecular formula is C16H17ClN6O. The number of aromatic amines is 1. The molecule has 3 aromatic rings. The van der Waals surface area contributed by atoms with E-state index in [0.717, 1.165) is 48.6 Å². The highest BCUT2D eigenvalue weighted by Gasteiger charge is 2.14. The number of nitrogens with one attached hydrogen (secondary N) is 2. The number of rotatable bonds is 3. The van der Waals surface area contributed by atoms with Crippen molar-refractivity contribution >= 4 is 39.8 Å². The predicted octanol–water partition coefficient (Wildman–Crippen LogP) is 2.89. The van der Waals surface area contributed by atoms with Gasteiger partial charge in [-0.25, -0.2) is 4.98 Å². The zero-order valence-electron chi connectivity index (χ0n) is 13.2. The molecule has 1 aliphatic heterocycles. The van der Waals surface area contributed by atoms with Gasteiger partial charge >= 0.3 is 0 Å². The van der Waals surface area contributed by atoms with Crippen LogP contribution in [-0.2, 0) is 4.74 Å². The summed E-state index contributed by atoms with van der Waals surface area (Å²) in [5, 5.41) is 11.4. The second kappa shape index (κ2) is 6.26. The minimum atomic E-state index is 0.205. The van der Waals surface area contributed by atoms with Gasteiger partial charge in [-0.3, -0.25) is 5.10 Å². The number of hydrogen-bond donors (Lipinski definition) is 2. The van der Waals surface area contributed by atoms with Crippen molar-refractivity contribution in [3.05, 3.63) is 35.2 Å². The van der Waals surface area contributed by atoms with Gasteiger partial charge in [0.2, 0.25) is 5.28 Å². The summed E-state index contributed by atoms with van der Waals surface area (Å²) in [7, 11) is 0. The van der Waals surface area contributed by atoms with Crippen LogP contribution in [0.4, 0.5) is 17.3 Å². The first-order valence-electron chi connectivity index (χ1n) is 7.78. The highest BCUT2D eigenvalue weighted by atomic mass is 35.5. The van der Waals surface area contributed by atoms with Crippen molar-refractivity contribution < 1.29 is 4.74 Å². The average Bonchev–Trinajstić information content (AvgIpc) is 3.00. The van der Waals surface area contributed by atoms with Crippen molar-refractivity contribution in [3.63, 3.8) is 0 Å². The summed E-state index contributed by atoms with van der Waals surface area (Å²) in [6.07, 6.45) is 0. The lowest BCUT2D eigenvalue weighted by Crippen LogP contribution is -2.36. The molecule has 7 nitrogen and oxygen atoms in total. The van der Waals surface area contributed by atoms with Crippen LogP contribution >= 0.6 is 11.6 Å². The Kier molecular flexibility index (Phi) is 3.95. The van der Waals surface area contributed by atoms with Crippen molar-refractivity contribution in [3.8, 4) is 0 Å². The van der Waals surface area contributed by atoms with E-state index in [1.165, 1.54) is 0 Å². The molecule has 0 saturated carbocycles. The molecule has 1 fully saturated rings. The monoisotopic (exact) mass is 344 g/mol. The zero-order chi connectivity index (χ0) is 16.5. The van der Waals surface area contributed by atoms with Crippen LogP contribution < -0.4 is 10.2 Å². The molecule has 0 bridgehead atoms. The average molecular weight is 345 g/mol. The molecule has 1 saturated heterocycles. The summed E-state index contributed by atoms with van der Waals surface area (Å²) in [6, 6.07) is 8.03. The zero-order valence-corrected chi connectivity index (χ0v) is 14.0. The Bertz CT molecular complexity index is 874. The second-order valence-electron chi connectivity index (χ2n) is 5.70. The molecule has 24 heavy (non-hydrogen) atoms. The number of ether oxygens (including phenoxy) is 1. The highest BCUT2D eigenvalue weighted by Crippen LogP contribution is 2.28. The number of anilines is 3. The Labute approximate surface area is 144 Å². The van der Waals surface area contributed by atoms with E-state index in [9.17, 15) is 0 Å². The van der Waals surface area contributed by atoms with Gasteiger partial charge in [0.05, 0.1) is 18.7 Å². The fourth-order valence-corrected chi connectivity index (χ4v) is 2.98. The summed E-state index contributed by atoms with van der Waals surface area (Å²) in [5.74, 6) is 1.34. The normalized spacial score (nSPS) is 15.0. The largest absolute Gasteiger partial charge is 0.378 e. The number of nitrogens with zero attached hydrogens (tertiary/aromatic N) is 4. The van der Waals surface area contributed by atoms with Crippen LogP contribution in [0.1, 0.15) is 5.69 Å². The minimum absolute atomic E-state index is 0.205. The van der Waals surface area contributed by atoms with Crippen LogP contribution in [0.3, 0.4) is 0 Å². The van der Waals surface area contributed by atoms with Crippen LogP contribution in [0.15, 0.2) is 24.3 Å². The molecule has 3 heterocycles. The second-order valence-corrected chi connectivity index (χ2v) is 6.04. The third kappa shape index (κ3) is 3.00. The molecule has 0 amide bonds. The molecule has 8 heteroatoms. The summed E-state index contributed by atoms with van der Waals surface area (Å²) in [5.41, 5.74) is 2.88. The predicted molar refractivity (Wildman–Crippen MR) is 94.2 cm³/mol. The molecule has 4 rings (SSSR count). The molecular weight excluding hydrogens is 328 g/mol. The third-order valence-electron chi connectivity index (χ3n) is 3.98. The van der Waals surface area contributed by atoms with Gasteiger partial charge in [-0.1, -0.05) is 0 Å². The van der Waals surface area contributed by atoms with E-state index >= 15 is 0 Å². The van der Waals surface area contributed by atoms with E-state index < -0.39 is 0 Å². The Morgan fingerprint density at radius 1 is 1.21 bits per heavy atom. The van der Waals surface area contributed by atoms with Crippen LogP contribution in [0.2, 0.25) is 5.28 Å². The van der Waals surface area contributed by atoms with Crippen molar-refractivity contribution in [2.45, 2.75) is 6.92 Å². The molecule has 124 valence electrons. The van der Waals surface area contributed by atoms with Gasteiger partial charge in [-0.15, -0.1) is 0 Å². The molecule has 0 aliphatic carbocycles. The highest BCUT2D eigenvalue weighted by molar-refractivity contribution is 6.28. The van der Waals surface area contributed by atoms with Gasteiger partial charge in [-0.2, -0.15) is 10.1 Å². The standard InChI is InChI=1S/C16H17ClN6O/c1-10-8-14(22-21-10)19-15-12-3-2-11(23-4-6-24-7-5-23)9-13(12)18-16(17)20-15/h2-3,8-9H,4-7H2,1H3,(H2,18,19,20,21,22). The van der Waals surface area contributed by atoms with Gasteiger partial charge in [0.1, 0.15) is 5.82 Å². The number of hydrogen-bond acceptors (Lipinski definition) is 6. The molecule has 2 N–H and O–H groups in total. The number of H-pyrrole nitrogens is 1. The van der Waals surface area contributed by atoms with Crippen LogP contribution in [-0.4, -0.2) is 46.5 Å². The van der Waals surface area contributed by atoms with E-state index in [1.807, 2.05) is 25.1 Å². The Morgan fingerprint density at radius 2 is 2.04 bits per heavy atom. The molecule has 0 atom stereocenters. The first-order valence-corrected chi connectivity index (χ1v) is 8.16. The van der Waals surface area contributed by atoms with Crippen molar-refractivity contribution in [1.82, 2.24) is 20.2 Å². The van der Waals surface area contributed by atoms with Gasteiger partial charge in [0.25, 0.3) is 0 Å². The maximum absolute atomic E-state index is 6.11. The molecule has 0 unspecified atom stereocenters. The number of morpholine rings is 1. The van der Waals surface area contributed by atoms with E-state index in [-0.39, 0.29) is 5.28 Å². The summed E-state index contributed by atoms with van der Waals surface area (Å²) < 4.78 is 5.41. The van der Waals surface area contributed by atoms with Gasteiger partial charge < -0.3 is 15.0 Å². The topological polar surface area (TPSA) is 79.0 Å². The van der Waals surface area contributed by atoms with Crippen LogP contribution in [0, 0.1) is 6.92 Å². The van der Waals surface area contributed by atoms with E-state index in [4.69, 9.17) is 16.3 Å². The van der Waals surface area contributed by atoms with E-state index in [0.29, 0.717) is 11.6 Å². The first kappa shape index (κ1) is 15.2. The molecule has 0 radical (unpaired) electrons. The fourth-order valence-electron chi connectivity index (χ4n) is 2.81. The lowest BCUT2D eigenvalue weighted by Gasteiger charge is -2.29. The molecule has 1 aromatic carbocycles. The number of halogens is 1. The lowest BCUT2D eigenvalue weighted by atomic mass is 10.2. The number of aromatic nitrogens is 4. The van der Waals surface area contributed by atoms with E-state index in [1.54, 1.807) is 0 Å². The summed E-state index contributed by atoms with van der Waals surface area (Å²) in [4.78, 5) is 11.0. The first-order chi connectivity index (χ1) is 11.7. The van der Waals surface area contributed by atoms with Gasteiger partial charge in [0, 0.05) is 35.9 Å². The maximum Gasteiger partial charge on any atom is 0.224 e. The number of aryl methyl sites for hydroxylation is 1. The van der Waals surface area contributed by atoms with Crippen LogP contribution in [0.5, 0.6) is 0 Å². The lowest BCUT2D eigenvalue weighted by molar-refractivity contribution is 0.122. The fraction of sp³-hybridized carbons (Fsp3) is 0.312. The number of fused-ring (bicyclic) bond motifs is 1. The van der Waals surface area contributed by atoms with Crippen molar-refractivity contribution in [2.75, 3.05) is 36.5 Å². The Morgan fingerprint density at radius 3 is 2.79 bits per heavy atom. The number of benzene rings is 1. The molecule has 0 spiro atoms. The summed E-state index contributed by atoms with van der Waals surface area (Å²) >= 11 is 6.11. The molecule has 2 aromatic heterocycles. The van der Waals surface area contributed by atoms with Crippen LogP contribution in [0.25, 0.3) is 10.9 Å². The Balaban J connectivity index is 1.72. The smallest absolute Gasteiger partial charge is 0.224 e. The Hall–Kier alpha value is -2.38.